The highest BCUT2D eigenvalue weighted by atomic mass is 16.5. The molecule has 0 spiro atoms. The molecule has 0 unspecified atom stereocenters. The maximum Gasteiger partial charge on any atom is 0.274 e. The van der Waals surface area contributed by atoms with Gasteiger partial charge < -0.3 is 20.1 Å². The van der Waals surface area contributed by atoms with Crippen molar-refractivity contribution < 1.29 is 14.3 Å². The number of aromatic nitrogens is 2. The number of carbonyl (C=O) groups is 1. The number of nitrogens with zero attached hydrogens (tertiary/aromatic N) is 2. The zero-order valence-electron chi connectivity index (χ0n) is 15.3. The molecule has 0 atom stereocenters. The average Bonchev–Trinajstić information content (AvgIpc) is 3.14. The number of methoxy groups -OCH3 is 2. The highest BCUT2D eigenvalue weighted by Gasteiger charge is 2.18. The number of rotatable bonds is 6. The van der Waals surface area contributed by atoms with Crippen molar-refractivity contribution >= 4 is 17.5 Å². The number of carbonyl (C=O) groups excluding carboxylic acids is 1. The van der Waals surface area contributed by atoms with Gasteiger partial charge >= 0.3 is 0 Å². The van der Waals surface area contributed by atoms with Crippen molar-refractivity contribution in [2.24, 2.45) is 0 Å². The molecule has 1 saturated carbocycles. The molecule has 0 bridgehead atoms. The zero-order valence-corrected chi connectivity index (χ0v) is 15.3. The van der Waals surface area contributed by atoms with E-state index in [2.05, 4.69) is 20.6 Å². The van der Waals surface area contributed by atoms with Crippen molar-refractivity contribution in [1.29, 1.82) is 0 Å². The zero-order chi connectivity index (χ0) is 18.5. The first-order chi connectivity index (χ1) is 12.6. The van der Waals surface area contributed by atoms with Crippen LogP contribution in [-0.2, 0) is 0 Å². The molecule has 7 heteroatoms. The van der Waals surface area contributed by atoms with E-state index in [1.807, 2.05) is 6.92 Å². The van der Waals surface area contributed by atoms with Gasteiger partial charge in [0.1, 0.15) is 17.2 Å². The topological polar surface area (TPSA) is 85.4 Å². The average molecular weight is 356 g/mol. The van der Waals surface area contributed by atoms with Crippen molar-refractivity contribution in [3.8, 4) is 11.5 Å². The highest BCUT2D eigenvalue weighted by Crippen LogP contribution is 2.29. The van der Waals surface area contributed by atoms with Crippen molar-refractivity contribution in [2.75, 3.05) is 24.9 Å². The molecule has 7 nitrogen and oxygen atoms in total. The van der Waals surface area contributed by atoms with Crippen LogP contribution < -0.4 is 20.1 Å². The molecule has 0 radical (unpaired) electrons. The van der Waals surface area contributed by atoms with Gasteiger partial charge in [-0.05, 0) is 38.0 Å². The van der Waals surface area contributed by atoms with E-state index in [0.717, 1.165) is 18.5 Å². The Morgan fingerprint density at radius 2 is 1.88 bits per heavy atom. The summed E-state index contributed by atoms with van der Waals surface area (Å²) in [6.07, 6.45) is 4.65. The number of ether oxygens (including phenoxy) is 2. The summed E-state index contributed by atoms with van der Waals surface area (Å²) in [5, 5.41) is 6.17. The predicted molar refractivity (Wildman–Crippen MR) is 100 cm³/mol. The molecule has 1 aromatic carbocycles. The third kappa shape index (κ3) is 4.22. The largest absolute Gasteiger partial charge is 0.497 e. The molecule has 1 aromatic heterocycles. The highest BCUT2D eigenvalue weighted by molar-refractivity contribution is 6.04. The van der Waals surface area contributed by atoms with E-state index in [1.54, 1.807) is 38.5 Å². The van der Waals surface area contributed by atoms with E-state index in [9.17, 15) is 4.79 Å². The van der Waals surface area contributed by atoms with Gasteiger partial charge in [0, 0.05) is 17.8 Å². The van der Waals surface area contributed by atoms with Gasteiger partial charge in [-0.15, -0.1) is 0 Å². The lowest BCUT2D eigenvalue weighted by molar-refractivity contribution is 0.102. The predicted octanol–water partition coefficient (Wildman–Crippen LogP) is 3.41. The Bertz CT molecular complexity index is 788. The molecule has 26 heavy (non-hydrogen) atoms. The van der Waals surface area contributed by atoms with Crippen LogP contribution in [0.1, 0.15) is 41.9 Å². The summed E-state index contributed by atoms with van der Waals surface area (Å²) in [6.45, 7) is 1.85. The second-order valence-corrected chi connectivity index (χ2v) is 6.36. The van der Waals surface area contributed by atoms with Gasteiger partial charge in [-0.25, -0.2) is 9.97 Å². The molecule has 2 N–H and O–H groups in total. The minimum atomic E-state index is -0.323. The van der Waals surface area contributed by atoms with Crippen molar-refractivity contribution in [2.45, 2.75) is 38.6 Å². The molecule has 0 saturated heterocycles. The van der Waals surface area contributed by atoms with Crippen LogP contribution >= 0.6 is 0 Å². The lowest BCUT2D eigenvalue weighted by Crippen LogP contribution is -2.20. The Balaban J connectivity index is 1.80. The summed E-state index contributed by atoms with van der Waals surface area (Å²) in [4.78, 5) is 21.5. The molecule has 3 rings (SSSR count). The van der Waals surface area contributed by atoms with E-state index < -0.39 is 0 Å². The van der Waals surface area contributed by atoms with Crippen LogP contribution in [0.4, 0.5) is 11.6 Å². The summed E-state index contributed by atoms with van der Waals surface area (Å²) in [7, 11) is 3.12. The number of hydrogen-bond donors (Lipinski definition) is 2. The van der Waals surface area contributed by atoms with Crippen molar-refractivity contribution in [1.82, 2.24) is 9.97 Å². The third-order valence-electron chi connectivity index (χ3n) is 4.43. The van der Waals surface area contributed by atoms with Crippen LogP contribution in [0.25, 0.3) is 0 Å². The lowest BCUT2D eigenvalue weighted by atomic mass is 10.2. The summed E-state index contributed by atoms with van der Waals surface area (Å²) < 4.78 is 10.5. The number of nitrogens with one attached hydrogen (secondary N) is 2. The van der Waals surface area contributed by atoms with Gasteiger partial charge in [-0.2, -0.15) is 0 Å². The second-order valence-electron chi connectivity index (χ2n) is 6.36. The molecule has 1 amide bonds. The first-order valence-corrected chi connectivity index (χ1v) is 8.74. The molecule has 1 aliphatic rings. The van der Waals surface area contributed by atoms with Crippen LogP contribution in [0.15, 0.2) is 24.3 Å². The van der Waals surface area contributed by atoms with Crippen LogP contribution in [0.2, 0.25) is 0 Å². The molecular formula is C19H24N4O3. The van der Waals surface area contributed by atoms with Crippen molar-refractivity contribution in [3.63, 3.8) is 0 Å². The van der Waals surface area contributed by atoms with Crippen LogP contribution in [-0.4, -0.2) is 36.1 Å². The van der Waals surface area contributed by atoms with Gasteiger partial charge in [0.15, 0.2) is 0 Å². The van der Waals surface area contributed by atoms with E-state index in [0.29, 0.717) is 34.9 Å². The van der Waals surface area contributed by atoms with Crippen LogP contribution in [0, 0.1) is 6.92 Å². The molecule has 2 aromatic rings. The molecule has 138 valence electrons. The monoisotopic (exact) mass is 356 g/mol. The SMILES string of the molecule is COc1ccc(OC)c(NC(=O)c2cc(C)nc(NC3CCCC3)n2)c1. The number of aryl methyl sites for hydroxylation is 1. The maximum absolute atomic E-state index is 12.7. The fourth-order valence-electron chi connectivity index (χ4n) is 3.10. The van der Waals surface area contributed by atoms with E-state index in [1.165, 1.54) is 12.8 Å². The van der Waals surface area contributed by atoms with Gasteiger partial charge in [0.2, 0.25) is 5.95 Å². The summed E-state index contributed by atoms with van der Waals surface area (Å²) in [5.41, 5.74) is 1.57. The van der Waals surface area contributed by atoms with Crippen LogP contribution in [0.5, 0.6) is 11.5 Å². The van der Waals surface area contributed by atoms with Crippen LogP contribution in [0.3, 0.4) is 0 Å². The molecule has 1 fully saturated rings. The Labute approximate surface area is 153 Å². The van der Waals surface area contributed by atoms with Gasteiger partial charge in [-0.3, -0.25) is 4.79 Å². The van der Waals surface area contributed by atoms with Gasteiger partial charge in [0.05, 0.1) is 19.9 Å². The minimum Gasteiger partial charge on any atom is -0.497 e. The summed E-state index contributed by atoms with van der Waals surface area (Å²) >= 11 is 0. The Kier molecular flexibility index (Phi) is 5.55. The normalized spacial score (nSPS) is 14.1. The summed E-state index contributed by atoms with van der Waals surface area (Å²) in [5.74, 6) is 1.36. The fourth-order valence-corrected chi connectivity index (χ4v) is 3.10. The maximum atomic E-state index is 12.7. The Hall–Kier alpha value is -2.83. The summed E-state index contributed by atoms with van der Waals surface area (Å²) in [6, 6.07) is 7.27. The number of benzene rings is 1. The van der Waals surface area contributed by atoms with E-state index in [-0.39, 0.29) is 5.91 Å². The quantitative estimate of drug-likeness (QED) is 0.825. The number of anilines is 2. The lowest BCUT2D eigenvalue weighted by Gasteiger charge is -2.14. The fraction of sp³-hybridized carbons (Fsp3) is 0.421. The Morgan fingerprint density at radius 1 is 1.12 bits per heavy atom. The number of amides is 1. The Morgan fingerprint density at radius 3 is 2.58 bits per heavy atom. The minimum absolute atomic E-state index is 0.308. The van der Waals surface area contributed by atoms with Gasteiger partial charge in [-0.1, -0.05) is 12.8 Å². The van der Waals surface area contributed by atoms with E-state index in [4.69, 9.17) is 9.47 Å². The second kappa shape index (κ2) is 8.03. The molecule has 1 aliphatic carbocycles. The molecule has 1 heterocycles. The first kappa shape index (κ1) is 18.0. The third-order valence-corrected chi connectivity index (χ3v) is 4.43. The molecular weight excluding hydrogens is 332 g/mol. The van der Waals surface area contributed by atoms with Crippen molar-refractivity contribution in [3.05, 3.63) is 35.7 Å². The smallest absolute Gasteiger partial charge is 0.274 e. The van der Waals surface area contributed by atoms with Gasteiger partial charge in [0.25, 0.3) is 5.91 Å². The van der Waals surface area contributed by atoms with E-state index >= 15 is 0 Å². The number of hydrogen-bond acceptors (Lipinski definition) is 6. The standard InChI is InChI=1S/C19H24N4O3/c1-12-10-16(23-19(20-12)21-13-6-4-5-7-13)18(24)22-15-11-14(25-2)8-9-17(15)26-3/h8-11,13H,4-7H2,1-3H3,(H,22,24)(H,20,21,23). The first-order valence-electron chi connectivity index (χ1n) is 8.74. The molecule has 0 aliphatic heterocycles.